The van der Waals surface area contributed by atoms with Crippen LogP contribution in [0.3, 0.4) is 0 Å². The highest BCUT2D eigenvalue weighted by Gasteiger charge is 2.45. The van der Waals surface area contributed by atoms with Crippen LogP contribution in [0.15, 0.2) is 54.6 Å². The number of halogens is 1. The van der Waals surface area contributed by atoms with Gasteiger partial charge in [-0.3, -0.25) is 9.59 Å². The fourth-order valence-corrected chi connectivity index (χ4v) is 3.73. The summed E-state index contributed by atoms with van der Waals surface area (Å²) in [5.41, 5.74) is 0.690. The predicted octanol–water partition coefficient (Wildman–Crippen LogP) is 4.23. The van der Waals surface area contributed by atoms with Crippen molar-refractivity contribution in [2.45, 2.75) is 44.1 Å². The van der Waals surface area contributed by atoms with Gasteiger partial charge in [-0.25, -0.2) is 4.39 Å². The van der Waals surface area contributed by atoms with E-state index in [1.807, 2.05) is 30.3 Å². The van der Waals surface area contributed by atoms with Gasteiger partial charge >= 0.3 is 5.97 Å². The van der Waals surface area contributed by atoms with Crippen molar-refractivity contribution in [3.05, 3.63) is 66.0 Å². The summed E-state index contributed by atoms with van der Waals surface area (Å²) >= 11 is 0. The van der Waals surface area contributed by atoms with Crippen LogP contribution in [0, 0.1) is 5.82 Å². The van der Waals surface area contributed by atoms with Gasteiger partial charge in [0.1, 0.15) is 5.82 Å². The number of carbonyl (C=O) groups is 2. The third-order valence-corrected chi connectivity index (χ3v) is 5.35. The van der Waals surface area contributed by atoms with E-state index in [0.29, 0.717) is 12.8 Å². The third kappa shape index (κ3) is 3.87. The number of amides is 1. The summed E-state index contributed by atoms with van der Waals surface area (Å²) in [7, 11) is 1.66. The molecular weight excluding hydrogens is 345 g/mol. The molecule has 4 nitrogen and oxygen atoms in total. The molecule has 3 rings (SSSR count). The molecule has 1 saturated carbocycles. The second-order valence-corrected chi connectivity index (χ2v) is 7.08. The Bertz CT molecular complexity index is 798. The molecule has 5 heteroatoms. The maximum absolute atomic E-state index is 13.3. The van der Waals surface area contributed by atoms with Crippen molar-refractivity contribution < 1.29 is 18.7 Å². The van der Waals surface area contributed by atoms with Gasteiger partial charge in [-0.2, -0.15) is 0 Å². The fraction of sp³-hybridized carbons (Fsp3) is 0.364. The Labute approximate surface area is 158 Å². The van der Waals surface area contributed by atoms with E-state index in [9.17, 15) is 14.0 Å². The third-order valence-electron chi connectivity index (χ3n) is 5.35. The van der Waals surface area contributed by atoms with E-state index >= 15 is 0 Å². The van der Waals surface area contributed by atoms with Crippen LogP contribution in [0.4, 0.5) is 10.1 Å². The van der Waals surface area contributed by atoms with E-state index in [4.69, 9.17) is 4.74 Å². The average Bonchev–Trinajstić information content (AvgIpc) is 3.19. The normalized spacial score (nSPS) is 16.6. The monoisotopic (exact) mass is 369 g/mol. The molecule has 0 saturated heterocycles. The van der Waals surface area contributed by atoms with Crippen molar-refractivity contribution in [2.75, 3.05) is 11.9 Å². The summed E-state index contributed by atoms with van der Waals surface area (Å²) in [6.07, 6.45) is 2.19. The summed E-state index contributed by atoms with van der Waals surface area (Å²) in [6, 6.07) is 15.2. The molecule has 1 amide bonds. The molecule has 2 aromatic rings. The van der Waals surface area contributed by atoms with Gasteiger partial charge < -0.3 is 9.64 Å². The predicted molar refractivity (Wildman–Crippen MR) is 102 cm³/mol. The summed E-state index contributed by atoms with van der Waals surface area (Å²) < 4.78 is 18.9. The van der Waals surface area contributed by atoms with Crippen LogP contribution in [-0.2, 0) is 19.7 Å². The van der Waals surface area contributed by atoms with Crippen LogP contribution >= 0.6 is 0 Å². The van der Waals surface area contributed by atoms with Gasteiger partial charge in [-0.1, -0.05) is 43.2 Å². The van der Waals surface area contributed by atoms with Crippen LogP contribution in [0.25, 0.3) is 0 Å². The number of ether oxygens (including phenoxy) is 1. The zero-order valence-electron chi connectivity index (χ0n) is 15.7. The Balaban J connectivity index is 1.76. The van der Waals surface area contributed by atoms with Gasteiger partial charge in [0.15, 0.2) is 6.10 Å². The molecule has 0 aromatic heterocycles. The van der Waals surface area contributed by atoms with E-state index in [1.54, 1.807) is 26.1 Å². The maximum Gasteiger partial charge on any atom is 0.317 e. The smallest absolute Gasteiger partial charge is 0.317 e. The van der Waals surface area contributed by atoms with Crippen molar-refractivity contribution in [3.8, 4) is 0 Å². The first-order chi connectivity index (χ1) is 12.9. The topological polar surface area (TPSA) is 46.6 Å². The first kappa shape index (κ1) is 19.1. The van der Waals surface area contributed by atoms with Crippen LogP contribution < -0.4 is 4.90 Å². The summed E-state index contributed by atoms with van der Waals surface area (Å²) in [5.74, 6) is -1.04. The second-order valence-electron chi connectivity index (χ2n) is 7.08. The van der Waals surface area contributed by atoms with Crippen molar-refractivity contribution in [2.24, 2.45) is 0 Å². The highest BCUT2D eigenvalue weighted by Crippen LogP contribution is 2.42. The van der Waals surface area contributed by atoms with Gasteiger partial charge in [0.2, 0.25) is 0 Å². The lowest BCUT2D eigenvalue weighted by Crippen LogP contribution is -2.42. The quantitative estimate of drug-likeness (QED) is 0.741. The molecule has 0 spiro atoms. The van der Waals surface area contributed by atoms with Crippen LogP contribution in [0.2, 0.25) is 0 Å². The lowest BCUT2D eigenvalue weighted by atomic mass is 9.79. The number of esters is 1. The molecule has 2 aromatic carbocycles. The van der Waals surface area contributed by atoms with E-state index in [0.717, 1.165) is 24.1 Å². The maximum atomic E-state index is 13.3. The van der Waals surface area contributed by atoms with Gasteiger partial charge in [0.05, 0.1) is 5.41 Å². The number of nitrogens with zero attached hydrogens (tertiary/aromatic N) is 1. The molecule has 0 radical (unpaired) electrons. The number of hydrogen-bond acceptors (Lipinski definition) is 3. The van der Waals surface area contributed by atoms with Crippen molar-refractivity contribution in [3.63, 3.8) is 0 Å². The van der Waals surface area contributed by atoms with E-state index in [-0.39, 0.29) is 11.7 Å². The van der Waals surface area contributed by atoms with Crippen LogP contribution in [0.5, 0.6) is 0 Å². The standard InChI is InChI=1S/C22H24FNO3/c1-16(20(25)24(2)19-8-4-3-5-9-19)27-21(26)22(14-6-7-15-22)17-10-12-18(23)13-11-17/h3-5,8-13,16H,6-7,14-15H2,1-2H3/t16-/m1/s1. The SMILES string of the molecule is C[C@@H](OC(=O)C1(c2ccc(F)cc2)CCCC1)C(=O)N(C)c1ccccc1. The molecule has 27 heavy (non-hydrogen) atoms. The highest BCUT2D eigenvalue weighted by atomic mass is 19.1. The lowest BCUT2D eigenvalue weighted by molar-refractivity contribution is -0.159. The molecule has 0 unspecified atom stereocenters. The first-order valence-electron chi connectivity index (χ1n) is 9.24. The molecule has 0 aliphatic heterocycles. The number of anilines is 1. The zero-order chi connectivity index (χ0) is 19.4. The molecule has 1 aliphatic carbocycles. The van der Waals surface area contributed by atoms with E-state index in [1.165, 1.54) is 17.0 Å². The zero-order valence-corrected chi connectivity index (χ0v) is 15.7. The van der Waals surface area contributed by atoms with Crippen molar-refractivity contribution in [1.29, 1.82) is 0 Å². The van der Waals surface area contributed by atoms with Gasteiger partial charge in [-0.15, -0.1) is 0 Å². The molecule has 1 fully saturated rings. The second kappa shape index (κ2) is 7.91. The molecule has 142 valence electrons. The number of hydrogen-bond donors (Lipinski definition) is 0. The summed E-state index contributed by atoms with van der Waals surface area (Å²) in [5, 5.41) is 0. The Morgan fingerprint density at radius 2 is 1.63 bits per heavy atom. The summed E-state index contributed by atoms with van der Waals surface area (Å²) in [4.78, 5) is 27.2. The summed E-state index contributed by atoms with van der Waals surface area (Å²) in [6.45, 7) is 1.59. The number of rotatable bonds is 5. The molecule has 0 N–H and O–H groups in total. The fourth-order valence-electron chi connectivity index (χ4n) is 3.73. The minimum Gasteiger partial charge on any atom is -0.452 e. The molecule has 0 bridgehead atoms. The van der Waals surface area contributed by atoms with Gasteiger partial charge in [0.25, 0.3) is 5.91 Å². The van der Waals surface area contributed by atoms with Crippen LogP contribution in [0.1, 0.15) is 38.2 Å². The highest BCUT2D eigenvalue weighted by molar-refractivity contribution is 5.97. The molecule has 0 heterocycles. The number of carbonyl (C=O) groups excluding carboxylic acids is 2. The minimum atomic E-state index is -0.902. The van der Waals surface area contributed by atoms with E-state index < -0.39 is 17.5 Å². The minimum absolute atomic E-state index is 0.290. The largest absolute Gasteiger partial charge is 0.452 e. The first-order valence-corrected chi connectivity index (χ1v) is 9.24. The van der Waals surface area contributed by atoms with Crippen LogP contribution in [-0.4, -0.2) is 25.0 Å². The Morgan fingerprint density at radius 1 is 1.04 bits per heavy atom. The Morgan fingerprint density at radius 3 is 2.22 bits per heavy atom. The Hall–Kier alpha value is -2.69. The molecule has 1 atom stereocenters. The Kier molecular flexibility index (Phi) is 5.59. The van der Waals surface area contributed by atoms with Gasteiger partial charge in [0, 0.05) is 12.7 Å². The average molecular weight is 369 g/mol. The van der Waals surface area contributed by atoms with Gasteiger partial charge in [-0.05, 0) is 49.6 Å². The van der Waals surface area contributed by atoms with Crippen molar-refractivity contribution >= 4 is 17.6 Å². The number of likely N-dealkylation sites (N-methyl/N-ethyl adjacent to an activating group) is 1. The van der Waals surface area contributed by atoms with Crippen molar-refractivity contribution in [1.82, 2.24) is 0 Å². The molecular formula is C22H24FNO3. The number of benzene rings is 2. The lowest BCUT2D eigenvalue weighted by Gasteiger charge is -2.29. The van der Waals surface area contributed by atoms with E-state index in [2.05, 4.69) is 0 Å². The number of para-hydroxylation sites is 1. The molecule has 1 aliphatic rings.